The molecule has 0 saturated heterocycles. The molecule has 0 unspecified atom stereocenters. The van der Waals surface area contributed by atoms with Gasteiger partial charge in [0.1, 0.15) is 5.82 Å². The summed E-state index contributed by atoms with van der Waals surface area (Å²) >= 11 is 0. The van der Waals surface area contributed by atoms with Crippen LogP contribution in [-0.2, 0) is 6.42 Å². The predicted octanol–water partition coefficient (Wildman–Crippen LogP) is 11.4. The van der Waals surface area contributed by atoms with Crippen molar-refractivity contribution in [1.29, 1.82) is 0 Å². The first-order valence-corrected chi connectivity index (χ1v) is 15.5. The van der Waals surface area contributed by atoms with Crippen LogP contribution in [0, 0.1) is 35.2 Å². The average Bonchev–Trinajstić information content (AvgIpc) is 2.99. The van der Waals surface area contributed by atoms with Crippen LogP contribution in [0.5, 0.6) is 0 Å². The number of benzene rings is 3. The Morgan fingerprint density at radius 1 is 0.700 bits per heavy atom. The maximum atomic E-state index is 15.3. The zero-order valence-electron chi connectivity index (χ0n) is 24.1. The Kier molecular flexibility index (Phi) is 9.50. The minimum Gasteiger partial charge on any atom is -0.206 e. The smallest absolute Gasteiger partial charge is 0.166 e. The third-order valence-corrected chi connectivity index (χ3v) is 9.65. The summed E-state index contributed by atoms with van der Waals surface area (Å²) in [6, 6.07) is 16.1. The largest absolute Gasteiger partial charge is 0.206 e. The number of hydrogen-bond acceptors (Lipinski definition) is 0. The van der Waals surface area contributed by atoms with Crippen LogP contribution >= 0.6 is 0 Å². The maximum Gasteiger partial charge on any atom is 0.166 e. The van der Waals surface area contributed by atoms with Gasteiger partial charge in [-0.15, -0.1) is 0 Å². The van der Waals surface area contributed by atoms with Crippen molar-refractivity contribution in [2.75, 3.05) is 0 Å². The van der Waals surface area contributed by atoms with Crippen molar-refractivity contribution >= 4 is 0 Å². The van der Waals surface area contributed by atoms with Crippen LogP contribution in [0.2, 0.25) is 0 Å². The molecule has 0 amide bonds. The standard InChI is InChI=1S/C37H43F3/c1-3-5-7-31-20-23-34(37(40)36(31)39)30-18-16-29(17-19-30)33-22-21-32(24-35(33)38)28-14-12-27(13-15-28)26-10-8-25(6-4-2)9-11-26/h4,6,16-28H,3,5,7-15H2,1-2H3. The molecule has 2 aliphatic carbocycles. The topological polar surface area (TPSA) is 0 Å². The van der Waals surface area contributed by atoms with Gasteiger partial charge in [0.25, 0.3) is 0 Å². The predicted molar refractivity (Wildman–Crippen MR) is 161 cm³/mol. The van der Waals surface area contributed by atoms with E-state index in [-0.39, 0.29) is 11.4 Å². The van der Waals surface area contributed by atoms with E-state index < -0.39 is 11.6 Å². The molecule has 0 N–H and O–H groups in total. The summed E-state index contributed by atoms with van der Waals surface area (Å²) in [5, 5.41) is 0. The Morgan fingerprint density at radius 3 is 1.90 bits per heavy atom. The van der Waals surface area contributed by atoms with Crippen molar-refractivity contribution in [3.05, 3.63) is 95.3 Å². The fraction of sp³-hybridized carbons (Fsp3) is 0.459. The van der Waals surface area contributed by atoms with E-state index in [4.69, 9.17) is 0 Å². The molecular weight excluding hydrogens is 501 g/mol. The molecule has 2 fully saturated rings. The number of hydrogen-bond donors (Lipinski definition) is 0. The lowest BCUT2D eigenvalue weighted by Gasteiger charge is -2.37. The average molecular weight is 545 g/mol. The first-order valence-electron chi connectivity index (χ1n) is 15.5. The van der Waals surface area contributed by atoms with Crippen LogP contribution in [0.15, 0.2) is 66.7 Å². The van der Waals surface area contributed by atoms with Gasteiger partial charge in [-0.3, -0.25) is 0 Å². The van der Waals surface area contributed by atoms with E-state index in [1.807, 2.05) is 13.0 Å². The van der Waals surface area contributed by atoms with E-state index in [1.54, 1.807) is 42.5 Å². The second-order valence-corrected chi connectivity index (χ2v) is 12.1. The van der Waals surface area contributed by atoms with E-state index in [9.17, 15) is 8.78 Å². The molecular formula is C37H43F3. The summed E-state index contributed by atoms with van der Waals surface area (Å²) in [5.41, 5.74) is 3.64. The number of unbranched alkanes of at least 4 members (excludes halogenated alkanes) is 1. The first-order chi connectivity index (χ1) is 19.5. The molecule has 2 saturated carbocycles. The fourth-order valence-electron chi connectivity index (χ4n) is 7.23. The van der Waals surface area contributed by atoms with Crippen LogP contribution in [0.4, 0.5) is 13.2 Å². The van der Waals surface area contributed by atoms with E-state index in [0.29, 0.717) is 29.0 Å². The first kappa shape index (κ1) is 28.7. The third-order valence-electron chi connectivity index (χ3n) is 9.65. The van der Waals surface area contributed by atoms with Gasteiger partial charge in [-0.05, 0) is 123 Å². The molecule has 3 aromatic rings. The Labute approximate surface area is 238 Å². The highest BCUT2D eigenvalue weighted by Gasteiger charge is 2.31. The van der Waals surface area contributed by atoms with E-state index in [1.165, 1.54) is 38.5 Å². The summed E-state index contributed by atoms with van der Waals surface area (Å²) < 4.78 is 44.7. The van der Waals surface area contributed by atoms with Gasteiger partial charge in [-0.1, -0.05) is 74.0 Å². The summed E-state index contributed by atoms with van der Waals surface area (Å²) in [7, 11) is 0. The van der Waals surface area contributed by atoms with Gasteiger partial charge in [0.15, 0.2) is 11.6 Å². The van der Waals surface area contributed by atoms with Gasteiger partial charge in [0.2, 0.25) is 0 Å². The summed E-state index contributed by atoms with van der Waals surface area (Å²) in [6.45, 7) is 4.16. The lowest BCUT2D eigenvalue weighted by atomic mass is 9.68. The van der Waals surface area contributed by atoms with Crippen molar-refractivity contribution < 1.29 is 13.2 Å². The molecule has 0 radical (unpaired) electrons. The Bertz CT molecular complexity index is 1290. The van der Waals surface area contributed by atoms with Crippen molar-refractivity contribution in [2.24, 2.45) is 17.8 Å². The molecule has 5 rings (SSSR count). The lowest BCUT2D eigenvalue weighted by molar-refractivity contribution is 0.171. The molecule has 0 aromatic heterocycles. The molecule has 0 heterocycles. The van der Waals surface area contributed by atoms with Crippen LogP contribution < -0.4 is 0 Å². The highest BCUT2D eigenvalue weighted by Crippen LogP contribution is 2.44. The zero-order chi connectivity index (χ0) is 28.1. The molecule has 0 aliphatic heterocycles. The molecule has 212 valence electrons. The van der Waals surface area contributed by atoms with Crippen molar-refractivity contribution in [2.45, 2.75) is 90.4 Å². The quantitative estimate of drug-likeness (QED) is 0.247. The van der Waals surface area contributed by atoms with Gasteiger partial charge >= 0.3 is 0 Å². The van der Waals surface area contributed by atoms with Crippen molar-refractivity contribution in [3.63, 3.8) is 0 Å². The third kappa shape index (κ3) is 6.40. The summed E-state index contributed by atoms with van der Waals surface area (Å²) in [5.74, 6) is 1.12. The molecule has 0 bridgehead atoms. The second-order valence-electron chi connectivity index (χ2n) is 12.1. The van der Waals surface area contributed by atoms with Gasteiger partial charge in [-0.25, -0.2) is 13.2 Å². The van der Waals surface area contributed by atoms with Gasteiger partial charge in [0.05, 0.1) is 0 Å². The lowest BCUT2D eigenvalue weighted by Crippen LogP contribution is -2.25. The Morgan fingerprint density at radius 2 is 1.30 bits per heavy atom. The minimum atomic E-state index is -0.812. The molecule has 0 nitrogen and oxygen atoms in total. The summed E-state index contributed by atoms with van der Waals surface area (Å²) in [6.07, 6.45) is 17.1. The molecule has 2 aliphatic rings. The van der Waals surface area contributed by atoms with E-state index in [0.717, 1.165) is 54.6 Å². The SMILES string of the molecule is CC=CC1CCC(C2CCC(c3ccc(-c4ccc(-c5ccc(CCCC)c(F)c5F)cc4)c(F)c3)CC2)CC1. The van der Waals surface area contributed by atoms with Crippen molar-refractivity contribution in [1.82, 2.24) is 0 Å². The minimum absolute atomic E-state index is 0.216. The number of aryl methyl sites for hydroxylation is 1. The van der Waals surface area contributed by atoms with Crippen LogP contribution in [0.25, 0.3) is 22.3 Å². The van der Waals surface area contributed by atoms with Crippen LogP contribution in [0.3, 0.4) is 0 Å². The van der Waals surface area contributed by atoms with Crippen LogP contribution in [-0.4, -0.2) is 0 Å². The molecule has 0 atom stereocenters. The Balaban J connectivity index is 1.22. The normalized spacial score (nSPS) is 23.5. The molecule has 40 heavy (non-hydrogen) atoms. The van der Waals surface area contributed by atoms with Gasteiger partial charge < -0.3 is 0 Å². The number of rotatable bonds is 8. The molecule has 3 aromatic carbocycles. The highest BCUT2D eigenvalue weighted by molar-refractivity contribution is 5.71. The molecule has 0 spiro atoms. The van der Waals surface area contributed by atoms with E-state index in [2.05, 4.69) is 25.1 Å². The number of allylic oxidation sites excluding steroid dienone is 2. The Hall–Kier alpha value is -2.81. The van der Waals surface area contributed by atoms with E-state index >= 15 is 4.39 Å². The maximum absolute atomic E-state index is 15.3. The second kappa shape index (κ2) is 13.2. The van der Waals surface area contributed by atoms with Gasteiger partial charge in [0, 0.05) is 11.1 Å². The fourth-order valence-corrected chi connectivity index (χ4v) is 7.23. The molecule has 3 heteroatoms. The summed E-state index contributed by atoms with van der Waals surface area (Å²) in [4.78, 5) is 0. The highest BCUT2D eigenvalue weighted by atomic mass is 19.2. The van der Waals surface area contributed by atoms with Crippen molar-refractivity contribution in [3.8, 4) is 22.3 Å². The van der Waals surface area contributed by atoms with Gasteiger partial charge in [-0.2, -0.15) is 0 Å². The van der Waals surface area contributed by atoms with Crippen LogP contribution in [0.1, 0.15) is 95.1 Å². The number of halogens is 3. The zero-order valence-corrected chi connectivity index (χ0v) is 24.1. The monoisotopic (exact) mass is 544 g/mol.